The Hall–Kier alpha value is -2.43. The molecule has 1 aromatic carbocycles. The van der Waals surface area contributed by atoms with Crippen molar-refractivity contribution in [2.45, 2.75) is 38.0 Å². The van der Waals surface area contributed by atoms with Crippen LogP contribution >= 0.6 is 11.3 Å². The van der Waals surface area contributed by atoms with Crippen LogP contribution in [0.2, 0.25) is 0 Å². The lowest BCUT2D eigenvalue weighted by Gasteiger charge is -2.17. The minimum Gasteiger partial charge on any atom is -0.497 e. The van der Waals surface area contributed by atoms with Crippen LogP contribution in [0.3, 0.4) is 0 Å². The number of rotatable bonds is 11. The number of esters is 1. The second-order valence-corrected chi connectivity index (χ2v) is 9.87. The molecule has 0 saturated heterocycles. The first-order chi connectivity index (χ1) is 14.7. The third-order valence-corrected chi connectivity index (χ3v) is 7.59. The second kappa shape index (κ2) is 11.3. The van der Waals surface area contributed by atoms with E-state index in [0.29, 0.717) is 22.7 Å². The molecule has 31 heavy (non-hydrogen) atoms. The Morgan fingerprint density at radius 1 is 1.16 bits per heavy atom. The SMILES string of the molecule is CCOC(=O)c1cc(CC)sc1NC(=O)CCCN(C)S(=O)(=O)c1ccc(OC)cc1. The van der Waals surface area contributed by atoms with Gasteiger partial charge in [0.25, 0.3) is 0 Å². The molecule has 2 rings (SSSR count). The Kier molecular flexibility index (Phi) is 9.02. The van der Waals surface area contributed by atoms with Gasteiger partial charge >= 0.3 is 5.97 Å². The number of ether oxygens (including phenoxy) is 2. The third-order valence-electron chi connectivity index (χ3n) is 4.52. The fourth-order valence-corrected chi connectivity index (χ4v) is 4.98. The van der Waals surface area contributed by atoms with E-state index in [-0.39, 0.29) is 30.4 Å². The van der Waals surface area contributed by atoms with Crippen LogP contribution < -0.4 is 10.1 Å². The van der Waals surface area contributed by atoms with Gasteiger partial charge in [-0.15, -0.1) is 11.3 Å². The van der Waals surface area contributed by atoms with Crippen LogP contribution in [0.4, 0.5) is 5.00 Å². The Morgan fingerprint density at radius 2 is 1.84 bits per heavy atom. The molecule has 0 saturated carbocycles. The highest BCUT2D eigenvalue weighted by Gasteiger charge is 2.22. The Labute approximate surface area is 187 Å². The van der Waals surface area contributed by atoms with Crippen molar-refractivity contribution in [1.29, 1.82) is 0 Å². The van der Waals surface area contributed by atoms with Gasteiger partial charge in [-0.2, -0.15) is 0 Å². The fraction of sp³-hybridized carbons (Fsp3) is 0.429. The van der Waals surface area contributed by atoms with E-state index in [4.69, 9.17) is 9.47 Å². The van der Waals surface area contributed by atoms with Gasteiger partial charge in [0.05, 0.1) is 24.2 Å². The molecular weight excluding hydrogens is 440 g/mol. The van der Waals surface area contributed by atoms with E-state index < -0.39 is 16.0 Å². The highest BCUT2D eigenvalue weighted by Crippen LogP contribution is 2.29. The number of hydrogen-bond acceptors (Lipinski definition) is 7. The van der Waals surface area contributed by atoms with Crippen molar-refractivity contribution in [3.05, 3.63) is 40.8 Å². The molecule has 0 bridgehead atoms. The Morgan fingerprint density at radius 3 is 2.42 bits per heavy atom. The van der Waals surface area contributed by atoms with Gasteiger partial charge in [-0.05, 0) is 50.1 Å². The monoisotopic (exact) mass is 468 g/mol. The highest BCUT2D eigenvalue weighted by molar-refractivity contribution is 7.89. The van der Waals surface area contributed by atoms with Crippen LogP contribution in [0, 0.1) is 0 Å². The maximum absolute atomic E-state index is 12.7. The van der Waals surface area contributed by atoms with Crippen molar-refractivity contribution >= 4 is 38.2 Å². The van der Waals surface area contributed by atoms with Crippen LogP contribution in [0.5, 0.6) is 5.75 Å². The molecule has 0 spiro atoms. The number of nitrogens with one attached hydrogen (secondary N) is 1. The van der Waals surface area contributed by atoms with Crippen molar-refractivity contribution in [3.8, 4) is 5.75 Å². The molecule has 8 nitrogen and oxygen atoms in total. The van der Waals surface area contributed by atoms with E-state index in [0.717, 1.165) is 11.3 Å². The third kappa shape index (κ3) is 6.52. The minimum atomic E-state index is -3.66. The predicted octanol–water partition coefficient (Wildman–Crippen LogP) is 3.54. The van der Waals surface area contributed by atoms with E-state index >= 15 is 0 Å². The number of benzene rings is 1. The van der Waals surface area contributed by atoms with Crippen LogP contribution in [-0.2, 0) is 26.0 Å². The first kappa shape index (κ1) is 24.8. The maximum atomic E-state index is 12.7. The molecule has 1 N–H and O–H groups in total. The van der Waals surface area contributed by atoms with Crippen LogP contribution in [0.25, 0.3) is 0 Å². The molecule has 1 amide bonds. The number of thiophene rings is 1. The number of sulfonamides is 1. The van der Waals surface area contributed by atoms with Crippen molar-refractivity contribution in [2.75, 3.05) is 32.6 Å². The van der Waals surface area contributed by atoms with Gasteiger partial charge in [0.2, 0.25) is 15.9 Å². The van der Waals surface area contributed by atoms with Gasteiger partial charge in [-0.25, -0.2) is 17.5 Å². The smallest absolute Gasteiger partial charge is 0.341 e. The molecule has 0 aliphatic carbocycles. The van der Waals surface area contributed by atoms with E-state index in [2.05, 4.69) is 5.32 Å². The molecule has 10 heteroatoms. The quantitative estimate of drug-likeness (QED) is 0.506. The molecule has 1 heterocycles. The molecule has 0 atom stereocenters. The first-order valence-corrected chi connectivity index (χ1v) is 12.2. The fourth-order valence-electron chi connectivity index (χ4n) is 2.77. The lowest BCUT2D eigenvalue weighted by atomic mass is 10.2. The number of aryl methyl sites for hydroxylation is 1. The lowest BCUT2D eigenvalue weighted by Crippen LogP contribution is -2.28. The average Bonchev–Trinajstić information content (AvgIpc) is 3.16. The second-order valence-electron chi connectivity index (χ2n) is 6.68. The molecule has 0 fully saturated rings. The van der Waals surface area contributed by atoms with E-state index in [9.17, 15) is 18.0 Å². The standard InChI is InChI=1S/C21H28N2O6S2/c1-5-16-14-18(21(25)29-6-2)20(30-16)22-19(24)8-7-13-23(3)31(26,27)17-11-9-15(28-4)10-12-17/h9-12,14H,5-8,13H2,1-4H3,(H,22,24). The molecule has 0 aliphatic heterocycles. The number of anilines is 1. The van der Waals surface area contributed by atoms with Crippen molar-refractivity contribution in [1.82, 2.24) is 4.31 Å². The molecule has 0 radical (unpaired) electrons. The van der Waals surface area contributed by atoms with Gasteiger partial charge in [0, 0.05) is 24.9 Å². The summed E-state index contributed by atoms with van der Waals surface area (Å²) >= 11 is 1.34. The number of hydrogen-bond donors (Lipinski definition) is 1. The van der Waals surface area contributed by atoms with Gasteiger partial charge in [-0.1, -0.05) is 6.92 Å². The molecule has 1 aromatic heterocycles. The van der Waals surface area contributed by atoms with Crippen LogP contribution in [0.1, 0.15) is 41.9 Å². The number of carbonyl (C=O) groups excluding carboxylic acids is 2. The summed E-state index contributed by atoms with van der Waals surface area (Å²) in [5.74, 6) is -0.190. The highest BCUT2D eigenvalue weighted by atomic mass is 32.2. The van der Waals surface area contributed by atoms with Crippen LogP contribution in [0.15, 0.2) is 35.2 Å². The summed E-state index contributed by atoms with van der Waals surface area (Å²) in [6.45, 7) is 4.11. The van der Waals surface area contributed by atoms with Gasteiger partial charge in [0.1, 0.15) is 10.8 Å². The summed E-state index contributed by atoms with van der Waals surface area (Å²) in [5, 5.41) is 3.22. The zero-order chi connectivity index (χ0) is 23.0. The predicted molar refractivity (Wildman–Crippen MR) is 120 cm³/mol. The normalized spacial score (nSPS) is 11.4. The number of nitrogens with zero attached hydrogens (tertiary/aromatic N) is 1. The van der Waals surface area contributed by atoms with Crippen LogP contribution in [-0.4, -0.2) is 51.9 Å². The lowest BCUT2D eigenvalue weighted by molar-refractivity contribution is -0.116. The number of methoxy groups -OCH3 is 1. The molecule has 0 unspecified atom stereocenters. The summed E-state index contributed by atoms with van der Waals surface area (Å²) in [6, 6.07) is 7.86. The van der Waals surface area contributed by atoms with Crippen molar-refractivity contribution < 1.29 is 27.5 Å². The maximum Gasteiger partial charge on any atom is 0.341 e. The van der Waals surface area contributed by atoms with E-state index in [1.54, 1.807) is 25.1 Å². The molecule has 2 aromatic rings. The Bertz CT molecular complexity index is 999. The summed E-state index contributed by atoms with van der Waals surface area (Å²) in [4.78, 5) is 25.6. The summed E-state index contributed by atoms with van der Waals surface area (Å²) in [6.07, 6.45) is 1.18. The molecular formula is C21H28N2O6S2. The minimum absolute atomic E-state index is 0.115. The topological polar surface area (TPSA) is 102 Å². The summed E-state index contributed by atoms with van der Waals surface area (Å²) < 4.78 is 36.6. The van der Waals surface area contributed by atoms with Crippen molar-refractivity contribution in [3.63, 3.8) is 0 Å². The average molecular weight is 469 g/mol. The van der Waals surface area contributed by atoms with Gasteiger partial charge in [0.15, 0.2) is 0 Å². The van der Waals surface area contributed by atoms with Crippen molar-refractivity contribution in [2.24, 2.45) is 0 Å². The van der Waals surface area contributed by atoms with Gasteiger partial charge in [-0.3, -0.25) is 4.79 Å². The first-order valence-electron chi connectivity index (χ1n) is 9.93. The number of carbonyl (C=O) groups is 2. The zero-order valence-electron chi connectivity index (χ0n) is 18.1. The zero-order valence-corrected chi connectivity index (χ0v) is 19.8. The number of amides is 1. The van der Waals surface area contributed by atoms with E-state index in [1.807, 2.05) is 6.92 Å². The molecule has 170 valence electrons. The Balaban J connectivity index is 1.94. The largest absolute Gasteiger partial charge is 0.497 e. The summed E-state index contributed by atoms with van der Waals surface area (Å²) in [7, 11) is -0.673. The van der Waals surface area contributed by atoms with E-state index in [1.165, 1.54) is 41.9 Å². The summed E-state index contributed by atoms with van der Waals surface area (Å²) in [5.41, 5.74) is 0.344. The molecule has 0 aliphatic rings. The van der Waals surface area contributed by atoms with Gasteiger partial charge < -0.3 is 14.8 Å².